The van der Waals surface area contributed by atoms with Gasteiger partial charge in [-0.25, -0.2) is 4.79 Å². The zero-order valence-corrected chi connectivity index (χ0v) is 27.3. The maximum Gasteiger partial charge on any atom is 0.509 e. The standard InChI is InChI=1S/C18H12F3N3O4.C17H14F3N3O3/c19-18(20,21)10-5-7-11(8-6-10)22-13-4-2-1-3-12(13)15-23-24-16(28-15)14-9-26-17(25)27-14;18-17(19,20)10-5-7-11(8-6-10)21-13-4-2-1-3-12(13)15-22-23-16(26-15)14(25)9-24/h1-8,14,22H,9H2;1-8,14,21,24-25H,9H2. The number of nitrogens with zero attached hydrogens (tertiary/aromatic N) is 4. The molecule has 6 aromatic rings. The second-order valence-electron chi connectivity index (χ2n) is 11.2. The first-order valence-electron chi connectivity index (χ1n) is 15.6. The Kier molecular flexibility index (Phi) is 10.8. The summed E-state index contributed by atoms with van der Waals surface area (Å²) in [7, 11) is 0. The van der Waals surface area contributed by atoms with Crippen LogP contribution in [0, 0.1) is 0 Å². The van der Waals surface area contributed by atoms with E-state index in [0.29, 0.717) is 33.9 Å². The highest BCUT2D eigenvalue weighted by molar-refractivity contribution is 5.78. The maximum absolute atomic E-state index is 12.7. The van der Waals surface area contributed by atoms with Crippen LogP contribution in [-0.4, -0.2) is 50.0 Å². The molecule has 19 heteroatoms. The lowest BCUT2D eigenvalue weighted by Gasteiger charge is -2.11. The lowest BCUT2D eigenvalue weighted by Crippen LogP contribution is -2.04. The summed E-state index contributed by atoms with van der Waals surface area (Å²) in [4.78, 5) is 11.0. The molecule has 0 aliphatic carbocycles. The molecule has 54 heavy (non-hydrogen) atoms. The number of nitrogens with one attached hydrogen (secondary N) is 2. The van der Waals surface area contributed by atoms with Crippen LogP contribution in [-0.2, 0) is 21.8 Å². The van der Waals surface area contributed by atoms with Gasteiger partial charge in [-0.1, -0.05) is 24.3 Å². The molecule has 0 amide bonds. The van der Waals surface area contributed by atoms with Crippen LogP contribution >= 0.6 is 0 Å². The van der Waals surface area contributed by atoms with Crippen molar-refractivity contribution in [2.75, 3.05) is 23.8 Å². The van der Waals surface area contributed by atoms with E-state index in [2.05, 4.69) is 35.8 Å². The number of hydrogen-bond donors (Lipinski definition) is 4. The molecule has 2 atom stereocenters. The predicted molar refractivity (Wildman–Crippen MR) is 176 cm³/mol. The number of halogens is 6. The SMILES string of the molecule is O=C1OCC(c2nnc(-c3ccccc3Nc3ccc(C(F)(F)F)cc3)o2)O1.OCC(O)c1nnc(-c2ccccc2Nc2ccc(C(F)(F)F)cc2)o1. The van der Waals surface area contributed by atoms with Gasteiger partial charge in [0.25, 0.3) is 5.89 Å². The van der Waals surface area contributed by atoms with Crippen LogP contribution in [0.15, 0.2) is 106 Å². The van der Waals surface area contributed by atoms with Gasteiger partial charge in [-0.15, -0.1) is 20.4 Å². The minimum atomic E-state index is -4.40. The van der Waals surface area contributed by atoms with E-state index in [9.17, 15) is 36.2 Å². The van der Waals surface area contributed by atoms with Crippen LogP contribution in [0.3, 0.4) is 0 Å². The number of aliphatic hydroxyl groups is 2. The molecule has 1 aliphatic rings. The van der Waals surface area contributed by atoms with E-state index in [4.69, 9.17) is 18.7 Å². The van der Waals surface area contributed by atoms with Crippen LogP contribution in [0.4, 0.5) is 53.9 Å². The number of benzene rings is 4. The van der Waals surface area contributed by atoms with Gasteiger partial charge in [0, 0.05) is 11.4 Å². The summed E-state index contributed by atoms with van der Waals surface area (Å²) in [5.74, 6) is 0.215. The first kappa shape index (κ1) is 37.3. The summed E-state index contributed by atoms with van der Waals surface area (Å²) in [5.41, 5.74) is 1.54. The van der Waals surface area contributed by atoms with Crippen LogP contribution in [0.25, 0.3) is 22.9 Å². The van der Waals surface area contributed by atoms with Gasteiger partial charge in [0.2, 0.25) is 23.8 Å². The molecule has 13 nitrogen and oxygen atoms in total. The highest BCUT2D eigenvalue weighted by Gasteiger charge is 2.33. The van der Waals surface area contributed by atoms with Gasteiger partial charge >= 0.3 is 18.5 Å². The summed E-state index contributed by atoms with van der Waals surface area (Å²) in [6, 6.07) is 23.0. The number of alkyl halides is 6. The molecule has 0 radical (unpaired) electrons. The molecule has 0 spiro atoms. The number of ether oxygens (including phenoxy) is 2. The second-order valence-corrected chi connectivity index (χ2v) is 11.2. The Bertz CT molecular complexity index is 2190. The van der Waals surface area contributed by atoms with Gasteiger partial charge in [0.15, 0.2) is 6.10 Å². The first-order valence-corrected chi connectivity index (χ1v) is 15.6. The molecule has 4 N–H and O–H groups in total. The van der Waals surface area contributed by atoms with Gasteiger partial charge in [0.05, 0.1) is 40.2 Å². The van der Waals surface area contributed by atoms with Crippen molar-refractivity contribution in [2.24, 2.45) is 0 Å². The van der Waals surface area contributed by atoms with E-state index in [1.165, 1.54) is 24.3 Å². The molecule has 1 saturated heterocycles. The van der Waals surface area contributed by atoms with Crippen molar-refractivity contribution < 1.29 is 59.7 Å². The molecule has 4 aromatic carbocycles. The van der Waals surface area contributed by atoms with Gasteiger partial charge in [-0.2, -0.15) is 26.3 Å². The van der Waals surface area contributed by atoms with Crippen molar-refractivity contribution in [1.82, 2.24) is 20.4 Å². The maximum atomic E-state index is 12.7. The van der Waals surface area contributed by atoms with Crippen molar-refractivity contribution in [3.63, 3.8) is 0 Å². The van der Waals surface area contributed by atoms with Crippen molar-refractivity contribution in [2.45, 2.75) is 24.6 Å². The van der Waals surface area contributed by atoms with Crippen LogP contribution in [0.2, 0.25) is 0 Å². The van der Waals surface area contributed by atoms with E-state index in [0.717, 1.165) is 24.3 Å². The minimum absolute atomic E-state index is 0.0219. The fraction of sp³-hybridized carbons (Fsp3) is 0.171. The third kappa shape index (κ3) is 8.93. The Morgan fingerprint density at radius 1 is 0.685 bits per heavy atom. The lowest BCUT2D eigenvalue weighted by atomic mass is 10.1. The second kappa shape index (κ2) is 15.6. The number of aromatic nitrogens is 4. The Morgan fingerprint density at radius 3 is 1.63 bits per heavy atom. The van der Waals surface area contributed by atoms with E-state index < -0.39 is 48.4 Å². The number of cyclic esters (lactones) is 2. The Morgan fingerprint density at radius 2 is 1.17 bits per heavy atom. The zero-order valence-electron chi connectivity index (χ0n) is 27.3. The molecule has 2 aromatic heterocycles. The lowest BCUT2D eigenvalue weighted by molar-refractivity contribution is -0.138. The summed E-state index contributed by atoms with van der Waals surface area (Å²) in [5, 5.41) is 39.8. The molecule has 3 heterocycles. The number of carbonyl (C=O) groups excluding carboxylic acids is 1. The fourth-order valence-electron chi connectivity index (χ4n) is 4.83. The van der Waals surface area contributed by atoms with Crippen molar-refractivity contribution in [1.29, 1.82) is 0 Å². The number of aliphatic hydroxyl groups excluding tert-OH is 2. The van der Waals surface area contributed by atoms with Crippen LogP contribution in [0.1, 0.15) is 35.1 Å². The predicted octanol–water partition coefficient (Wildman–Crippen LogP) is 8.23. The molecular formula is C35H26F6N6O7. The number of hydrogen-bond acceptors (Lipinski definition) is 13. The molecule has 0 bridgehead atoms. The summed E-state index contributed by atoms with van der Waals surface area (Å²) >= 11 is 0. The van der Waals surface area contributed by atoms with Gasteiger partial charge < -0.3 is 39.2 Å². The smallest absolute Gasteiger partial charge is 0.430 e. The third-order valence-corrected chi connectivity index (χ3v) is 7.50. The van der Waals surface area contributed by atoms with E-state index in [1.54, 1.807) is 48.5 Å². The van der Waals surface area contributed by atoms with Gasteiger partial charge in [0.1, 0.15) is 6.61 Å². The van der Waals surface area contributed by atoms with Gasteiger partial charge in [-0.3, -0.25) is 0 Å². The average Bonchev–Trinajstić information content (AvgIpc) is 3.94. The number of anilines is 4. The number of para-hydroxylation sites is 2. The monoisotopic (exact) mass is 756 g/mol. The van der Waals surface area contributed by atoms with Gasteiger partial charge in [-0.05, 0) is 72.8 Å². The molecule has 7 rings (SSSR count). The number of carbonyl (C=O) groups is 1. The van der Waals surface area contributed by atoms with Crippen LogP contribution in [0.5, 0.6) is 0 Å². The quantitative estimate of drug-likeness (QED) is 0.0820. The largest absolute Gasteiger partial charge is 0.509 e. The highest BCUT2D eigenvalue weighted by atomic mass is 19.4. The van der Waals surface area contributed by atoms with Crippen molar-refractivity contribution >= 4 is 28.9 Å². The molecule has 1 aliphatic heterocycles. The molecule has 280 valence electrons. The summed E-state index contributed by atoms with van der Waals surface area (Å²) in [6.07, 6.45) is -11.7. The van der Waals surface area contributed by atoms with Crippen LogP contribution < -0.4 is 10.6 Å². The molecule has 1 fully saturated rings. The summed E-state index contributed by atoms with van der Waals surface area (Å²) < 4.78 is 96.5. The fourth-order valence-corrected chi connectivity index (χ4v) is 4.83. The zero-order chi connectivity index (χ0) is 38.5. The normalized spacial score (nSPS) is 14.7. The Labute approximate surface area is 300 Å². The topological polar surface area (TPSA) is 178 Å². The highest BCUT2D eigenvalue weighted by Crippen LogP contribution is 2.35. The third-order valence-electron chi connectivity index (χ3n) is 7.50. The minimum Gasteiger partial charge on any atom is -0.430 e. The summed E-state index contributed by atoms with van der Waals surface area (Å²) in [6.45, 7) is -0.584. The molecule has 2 unspecified atom stereocenters. The van der Waals surface area contributed by atoms with E-state index in [1.807, 2.05) is 0 Å². The Hall–Kier alpha value is -6.47. The number of rotatable bonds is 9. The van der Waals surface area contributed by atoms with E-state index in [-0.39, 0.29) is 30.2 Å². The Balaban J connectivity index is 0.000000185. The molecule has 0 saturated carbocycles. The van der Waals surface area contributed by atoms with Crippen molar-refractivity contribution in [3.8, 4) is 22.9 Å². The average molecular weight is 757 g/mol. The molecular weight excluding hydrogens is 730 g/mol. The van der Waals surface area contributed by atoms with E-state index >= 15 is 0 Å². The van der Waals surface area contributed by atoms with Crippen molar-refractivity contribution in [3.05, 3.63) is 120 Å². The first-order chi connectivity index (χ1) is 25.8.